The molecule has 6 nitrogen and oxygen atoms in total. The van der Waals surface area contributed by atoms with Crippen LogP contribution in [-0.2, 0) is 6.42 Å². The monoisotopic (exact) mass is 328 g/mol. The Hall–Kier alpha value is -2.37. The Kier molecular flexibility index (Phi) is 4.83. The van der Waals surface area contributed by atoms with E-state index in [1.165, 1.54) is 0 Å². The molecule has 2 aromatic rings. The van der Waals surface area contributed by atoms with Crippen LogP contribution in [0, 0.1) is 6.92 Å². The molecule has 3 rings (SSSR count). The minimum atomic E-state index is -0.0520. The average Bonchev–Trinajstić information content (AvgIpc) is 3.02. The molecule has 0 aromatic carbocycles. The number of hydrogen-bond donors (Lipinski definition) is 0. The molecule has 1 saturated heterocycles. The second-order valence-electron chi connectivity index (χ2n) is 6.31. The number of aryl methyl sites for hydroxylation is 2. The van der Waals surface area contributed by atoms with Gasteiger partial charge in [-0.05, 0) is 43.5 Å². The zero-order chi connectivity index (χ0) is 17.1. The molecule has 0 N–H and O–H groups in total. The van der Waals surface area contributed by atoms with E-state index in [-0.39, 0.29) is 11.9 Å². The molecular formula is C18H24N4O2. The van der Waals surface area contributed by atoms with Gasteiger partial charge in [-0.2, -0.15) is 5.10 Å². The van der Waals surface area contributed by atoms with E-state index in [0.29, 0.717) is 5.76 Å². The summed E-state index contributed by atoms with van der Waals surface area (Å²) in [4.78, 5) is 16.8. The third-order valence-electron chi connectivity index (χ3n) is 4.70. The molecular weight excluding hydrogens is 304 g/mol. The van der Waals surface area contributed by atoms with E-state index in [1.54, 1.807) is 11.1 Å². The number of rotatable bonds is 4. The molecule has 0 spiro atoms. The number of nitrogens with zero attached hydrogens (tertiary/aromatic N) is 4. The molecule has 24 heavy (non-hydrogen) atoms. The third kappa shape index (κ3) is 3.27. The van der Waals surface area contributed by atoms with Gasteiger partial charge in [0.15, 0.2) is 11.6 Å². The van der Waals surface area contributed by atoms with Crippen molar-refractivity contribution in [3.63, 3.8) is 0 Å². The number of anilines is 1. The first-order valence-corrected chi connectivity index (χ1v) is 8.49. The molecule has 0 radical (unpaired) electrons. The van der Waals surface area contributed by atoms with Crippen LogP contribution in [0.2, 0.25) is 0 Å². The summed E-state index contributed by atoms with van der Waals surface area (Å²) in [6.07, 6.45) is 4.48. The summed E-state index contributed by atoms with van der Waals surface area (Å²) in [6.45, 7) is 5.72. The fourth-order valence-corrected chi connectivity index (χ4v) is 3.26. The molecule has 1 amide bonds. The van der Waals surface area contributed by atoms with Crippen LogP contribution in [0.1, 0.15) is 41.6 Å². The van der Waals surface area contributed by atoms with Gasteiger partial charge in [-0.1, -0.05) is 6.92 Å². The van der Waals surface area contributed by atoms with Gasteiger partial charge in [0.25, 0.3) is 5.91 Å². The predicted molar refractivity (Wildman–Crippen MR) is 92.2 cm³/mol. The zero-order valence-corrected chi connectivity index (χ0v) is 14.5. The van der Waals surface area contributed by atoms with Crippen LogP contribution in [0.25, 0.3) is 0 Å². The lowest BCUT2D eigenvalue weighted by Crippen LogP contribution is -2.48. The van der Waals surface area contributed by atoms with E-state index < -0.39 is 0 Å². The molecule has 1 atom stereocenters. The number of carbonyl (C=O) groups is 1. The summed E-state index contributed by atoms with van der Waals surface area (Å²) in [6, 6.07) is 5.84. The normalized spacial score (nSPS) is 17.8. The fourth-order valence-electron chi connectivity index (χ4n) is 3.26. The quantitative estimate of drug-likeness (QED) is 0.863. The fraction of sp³-hybridized carbons (Fsp3) is 0.500. The van der Waals surface area contributed by atoms with Gasteiger partial charge in [0.2, 0.25) is 0 Å². The highest BCUT2D eigenvalue weighted by atomic mass is 16.4. The smallest absolute Gasteiger partial charge is 0.289 e. The largest absolute Gasteiger partial charge is 0.456 e. The number of piperidine rings is 1. The summed E-state index contributed by atoms with van der Waals surface area (Å²) in [7, 11) is 1.86. The summed E-state index contributed by atoms with van der Waals surface area (Å²) >= 11 is 0. The maximum absolute atomic E-state index is 12.8. The third-order valence-corrected chi connectivity index (χ3v) is 4.70. The Balaban J connectivity index is 1.71. The summed E-state index contributed by atoms with van der Waals surface area (Å²) in [5.74, 6) is 2.13. The SMILES string of the molecule is CCc1oc(C(=O)N(C)C2CCCN(c3cccnn3)C2)cc1C. The van der Waals surface area contributed by atoms with Gasteiger partial charge in [0.05, 0.1) is 0 Å². The zero-order valence-electron chi connectivity index (χ0n) is 14.5. The first kappa shape index (κ1) is 16.5. The van der Waals surface area contributed by atoms with Crippen molar-refractivity contribution in [2.45, 2.75) is 39.2 Å². The Morgan fingerprint density at radius 3 is 3.00 bits per heavy atom. The second-order valence-corrected chi connectivity index (χ2v) is 6.31. The predicted octanol–water partition coefficient (Wildman–Crippen LogP) is 2.68. The van der Waals surface area contributed by atoms with Gasteiger partial charge in [0, 0.05) is 38.8 Å². The van der Waals surface area contributed by atoms with Gasteiger partial charge in [0.1, 0.15) is 5.76 Å². The standard InChI is InChI=1S/C18H24N4O2/c1-4-15-13(2)11-16(24-15)18(23)21(3)14-7-6-10-22(12-14)17-8-5-9-19-20-17/h5,8-9,11,14H,4,6-7,10,12H2,1-3H3. The van der Waals surface area contributed by atoms with Crippen molar-refractivity contribution in [1.29, 1.82) is 0 Å². The molecule has 1 fully saturated rings. The first-order chi connectivity index (χ1) is 11.6. The van der Waals surface area contributed by atoms with Crippen molar-refractivity contribution in [3.05, 3.63) is 41.5 Å². The molecule has 128 valence electrons. The number of likely N-dealkylation sites (N-methyl/N-ethyl adjacent to an activating group) is 1. The number of hydrogen-bond acceptors (Lipinski definition) is 5. The highest BCUT2D eigenvalue weighted by Gasteiger charge is 2.29. The van der Waals surface area contributed by atoms with Crippen LogP contribution in [0.3, 0.4) is 0 Å². The van der Waals surface area contributed by atoms with Crippen molar-refractivity contribution in [2.75, 3.05) is 25.0 Å². The van der Waals surface area contributed by atoms with Gasteiger partial charge >= 0.3 is 0 Å². The van der Waals surface area contributed by atoms with Crippen LogP contribution in [0.4, 0.5) is 5.82 Å². The highest BCUT2D eigenvalue weighted by Crippen LogP contribution is 2.22. The summed E-state index contributed by atoms with van der Waals surface area (Å²) in [5, 5.41) is 8.13. The van der Waals surface area contributed by atoms with Crippen LogP contribution >= 0.6 is 0 Å². The average molecular weight is 328 g/mol. The number of carbonyl (C=O) groups excluding carboxylic acids is 1. The van der Waals surface area contributed by atoms with Gasteiger partial charge < -0.3 is 14.2 Å². The van der Waals surface area contributed by atoms with E-state index >= 15 is 0 Å². The van der Waals surface area contributed by atoms with Crippen molar-refractivity contribution in [3.8, 4) is 0 Å². The minimum absolute atomic E-state index is 0.0520. The van der Waals surface area contributed by atoms with E-state index in [0.717, 1.165) is 49.5 Å². The molecule has 3 heterocycles. The van der Waals surface area contributed by atoms with Crippen LogP contribution in [-0.4, -0.2) is 47.2 Å². The Bertz CT molecular complexity index is 698. The highest BCUT2D eigenvalue weighted by molar-refractivity contribution is 5.92. The molecule has 0 bridgehead atoms. The van der Waals surface area contributed by atoms with Crippen molar-refractivity contribution in [1.82, 2.24) is 15.1 Å². The lowest BCUT2D eigenvalue weighted by atomic mass is 10.0. The number of furan rings is 1. The lowest BCUT2D eigenvalue weighted by molar-refractivity contribution is 0.0683. The maximum atomic E-state index is 12.8. The van der Waals surface area contributed by atoms with E-state index in [4.69, 9.17) is 4.42 Å². The van der Waals surface area contributed by atoms with Gasteiger partial charge in [-0.3, -0.25) is 4.79 Å². The van der Waals surface area contributed by atoms with Crippen molar-refractivity contribution in [2.24, 2.45) is 0 Å². The minimum Gasteiger partial charge on any atom is -0.456 e. The molecule has 0 saturated carbocycles. The molecule has 1 aliphatic heterocycles. The Morgan fingerprint density at radius 2 is 2.33 bits per heavy atom. The Morgan fingerprint density at radius 1 is 1.50 bits per heavy atom. The summed E-state index contributed by atoms with van der Waals surface area (Å²) < 4.78 is 5.72. The molecule has 2 aromatic heterocycles. The van der Waals surface area contributed by atoms with E-state index in [2.05, 4.69) is 15.1 Å². The van der Waals surface area contributed by atoms with Gasteiger partial charge in [-0.25, -0.2) is 0 Å². The maximum Gasteiger partial charge on any atom is 0.289 e. The Labute approximate surface area is 142 Å². The van der Waals surface area contributed by atoms with E-state index in [9.17, 15) is 4.79 Å². The molecule has 1 aliphatic rings. The number of amides is 1. The summed E-state index contributed by atoms with van der Waals surface area (Å²) in [5.41, 5.74) is 1.04. The molecule has 1 unspecified atom stereocenters. The van der Waals surface area contributed by atoms with Crippen molar-refractivity contribution < 1.29 is 9.21 Å². The lowest BCUT2D eigenvalue weighted by Gasteiger charge is -2.37. The van der Waals surface area contributed by atoms with E-state index in [1.807, 2.05) is 39.1 Å². The van der Waals surface area contributed by atoms with Crippen LogP contribution < -0.4 is 4.90 Å². The molecule has 6 heteroatoms. The topological polar surface area (TPSA) is 62.5 Å². The molecule has 0 aliphatic carbocycles. The van der Waals surface area contributed by atoms with Gasteiger partial charge in [-0.15, -0.1) is 5.10 Å². The van der Waals surface area contributed by atoms with Crippen LogP contribution in [0.15, 0.2) is 28.8 Å². The first-order valence-electron chi connectivity index (χ1n) is 8.49. The van der Waals surface area contributed by atoms with Crippen molar-refractivity contribution >= 4 is 11.7 Å². The van der Waals surface area contributed by atoms with Crippen LogP contribution in [0.5, 0.6) is 0 Å². The number of aromatic nitrogens is 2. The second kappa shape index (κ2) is 7.03.